The average molecular weight is 302 g/mol. The maximum atomic E-state index is 11.3. The van der Waals surface area contributed by atoms with E-state index in [9.17, 15) is 13.2 Å². The summed E-state index contributed by atoms with van der Waals surface area (Å²) in [4.78, 5) is 12.9. The molecular weight excluding hydrogens is 282 g/mol. The molecule has 0 aromatic carbocycles. The lowest BCUT2D eigenvalue weighted by Gasteiger charge is -2.38. The predicted molar refractivity (Wildman–Crippen MR) is 69.1 cm³/mol. The lowest BCUT2D eigenvalue weighted by atomic mass is 10.0. The largest absolute Gasteiger partial charge is 0.444 e. The van der Waals surface area contributed by atoms with Crippen LogP contribution in [0, 0.1) is 5.92 Å². The topological polar surface area (TPSA) is 83.9 Å². The normalized spacial score (nSPS) is 16.4. The third kappa shape index (κ3) is 9.49. The zero-order valence-corrected chi connectivity index (χ0v) is 12.6. The summed E-state index contributed by atoms with van der Waals surface area (Å²) in [5.74, 6) is 0.243. The van der Waals surface area contributed by atoms with Crippen molar-refractivity contribution in [1.29, 1.82) is 0 Å². The van der Waals surface area contributed by atoms with E-state index in [0.717, 1.165) is 6.26 Å². The summed E-state index contributed by atoms with van der Waals surface area (Å²) in [5, 5.41) is 8.74. The Balaban J connectivity index is 0.000000494. The maximum absolute atomic E-state index is 11.3. The van der Waals surface area contributed by atoms with Gasteiger partial charge in [-0.1, -0.05) is 0 Å². The number of hydrogen-bond donors (Lipinski definition) is 1. The molecule has 1 fully saturated rings. The van der Waals surface area contributed by atoms with Gasteiger partial charge in [-0.2, -0.15) is 0 Å². The first-order valence-electron chi connectivity index (χ1n) is 5.41. The average Bonchev–Trinajstić information content (AvgIpc) is 1.94. The van der Waals surface area contributed by atoms with Crippen LogP contribution in [0.15, 0.2) is 0 Å². The minimum absolute atomic E-state index is 0.152. The van der Waals surface area contributed by atoms with Gasteiger partial charge in [0.25, 0.3) is 0 Å². The Hall–Kier alpha value is -0.530. The minimum atomic E-state index is -3.19. The van der Waals surface area contributed by atoms with Gasteiger partial charge < -0.3 is 14.7 Å². The standard InChI is InChI=1S/C9H17NO3.CH3ClO2S/c1-9(2,3)13-8(12)10-4-7(5-10)6-11;1-5(2,3)4/h7,11H,4-6H2,1-3H3;1H3. The molecule has 0 aromatic rings. The molecule has 1 aliphatic heterocycles. The zero-order chi connectivity index (χ0) is 14.6. The second-order valence-electron chi connectivity index (χ2n) is 5.12. The number of amides is 1. The molecule has 1 aliphatic rings. The Kier molecular flexibility index (Phi) is 6.39. The van der Waals surface area contributed by atoms with E-state index in [-0.39, 0.29) is 18.6 Å². The molecule has 18 heavy (non-hydrogen) atoms. The molecule has 1 heterocycles. The molecule has 6 nitrogen and oxygen atoms in total. The highest BCUT2D eigenvalue weighted by Gasteiger charge is 2.32. The fraction of sp³-hybridized carbons (Fsp3) is 0.900. The van der Waals surface area contributed by atoms with Gasteiger partial charge in [-0.15, -0.1) is 0 Å². The van der Waals surface area contributed by atoms with Gasteiger partial charge in [0.05, 0.1) is 6.26 Å². The molecule has 1 amide bonds. The molecule has 0 atom stereocenters. The van der Waals surface area contributed by atoms with E-state index in [1.807, 2.05) is 20.8 Å². The van der Waals surface area contributed by atoms with Crippen LogP contribution in [0.3, 0.4) is 0 Å². The molecule has 0 aromatic heterocycles. The Morgan fingerprint density at radius 2 is 1.83 bits per heavy atom. The van der Waals surface area contributed by atoms with Crippen molar-refractivity contribution in [2.24, 2.45) is 5.92 Å². The van der Waals surface area contributed by atoms with Crippen LogP contribution in [0.4, 0.5) is 4.79 Å². The highest BCUT2D eigenvalue weighted by atomic mass is 35.7. The lowest BCUT2D eigenvalue weighted by molar-refractivity contribution is -0.00972. The van der Waals surface area contributed by atoms with Crippen LogP contribution in [0.2, 0.25) is 0 Å². The summed E-state index contributed by atoms with van der Waals surface area (Å²) in [5.41, 5.74) is -0.429. The first-order valence-corrected chi connectivity index (χ1v) is 8.12. The number of carbonyl (C=O) groups is 1. The molecular formula is C10H20ClNO5S. The Morgan fingerprint density at radius 3 is 2.11 bits per heavy atom. The van der Waals surface area contributed by atoms with Crippen LogP contribution < -0.4 is 0 Å². The molecule has 108 valence electrons. The van der Waals surface area contributed by atoms with Gasteiger partial charge in [-0.05, 0) is 20.8 Å². The Morgan fingerprint density at radius 1 is 1.44 bits per heavy atom. The van der Waals surface area contributed by atoms with Crippen molar-refractivity contribution in [2.75, 3.05) is 26.0 Å². The van der Waals surface area contributed by atoms with Crippen molar-refractivity contribution in [2.45, 2.75) is 26.4 Å². The van der Waals surface area contributed by atoms with Crippen LogP contribution in [0.5, 0.6) is 0 Å². The van der Waals surface area contributed by atoms with Gasteiger partial charge in [-0.3, -0.25) is 0 Å². The number of rotatable bonds is 1. The SMILES string of the molecule is CC(C)(C)OC(=O)N1CC(CO)C1.CS(=O)(=O)Cl. The molecule has 0 aliphatic carbocycles. The Labute approximate surface area is 112 Å². The van der Waals surface area contributed by atoms with E-state index in [1.54, 1.807) is 4.90 Å². The van der Waals surface area contributed by atoms with Crippen molar-refractivity contribution in [1.82, 2.24) is 4.90 Å². The van der Waals surface area contributed by atoms with Gasteiger partial charge >= 0.3 is 6.09 Å². The summed E-state index contributed by atoms with van der Waals surface area (Å²) < 4.78 is 23.9. The van der Waals surface area contributed by atoms with E-state index in [2.05, 4.69) is 10.7 Å². The van der Waals surface area contributed by atoms with Crippen molar-refractivity contribution >= 4 is 25.8 Å². The smallest absolute Gasteiger partial charge is 0.410 e. The lowest BCUT2D eigenvalue weighted by Crippen LogP contribution is -2.52. The highest BCUT2D eigenvalue weighted by molar-refractivity contribution is 8.13. The van der Waals surface area contributed by atoms with E-state index in [4.69, 9.17) is 9.84 Å². The third-order valence-electron chi connectivity index (χ3n) is 1.87. The van der Waals surface area contributed by atoms with Gasteiger partial charge in [0.15, 0.2) is 0 Å². The second-order valence-corrected chi connectivity index (χ2v) is 8.16. The van der Waals surface area contributed by atoms with E-state index in [1.165, 1.54) is 0 Å². The molecule has 1 saturated heterocycles. The summed E-state index contributed by atoms with van der Waals surface area (Å²) in [6.45, 7) is 6.91. The highest BCUT2D eigenvalue weighted by Crippen LogP contribution is 2.18. The van der Waals surface area contributed by atoms with E-state index >= 15 is 0 Å². The molecule has 0 saturated carbocycles. The quantitative estimate of drug-likeness (QED) is 0.731. The summed E-state index contributed by atoms with van der Waals surface area (Å²) in [6, 6.07) is 0. The number of halogens is 1. The van der Waals surface area contributed by atoms with Crippen LogP contribution in [0.1, 0.15) is 20.8 Å². The van der Waals surface area contributed by atoms with Crippen LogP contribution in [-0.4, -0.2) is 56.1 Å². The number of aliphatic hydroxyl groups excluding tert-OH is 1. The molecule has 0 radical (unpaired) electrons. The monoisotopic (exact) mass is 301 g/mol. The van der Waals surface area contributed by atoms with Crippen molar-refractivity contribution < 1.29 is 23.1 Å². The van der Waals surface area contributed by atoms with Gasteiger partial charge in [0.2, 0.25) is 9.05 Å². The molecule has 0 spiro atoms. The first kappa shape index (κ1) is 17.5. The molecule has 8 heteroatoms. The van der Waals surface area contributed by atoms with E-state index in [0.29, 0.717) is 13.1 Å². The van der Waals surface area contributed by atoms with Crippen LogP contribution >= 0.6 is 10.7 Å². The summed E-state index contributed by atoms with van der Waals surface area (Å²) in [7, 11) is 1.31. The van der Waals surface area contributed by atoms with Crippen molar-refractivity contribution in [3.8, 4) is 0 Å². The van der Waals surface area contributed by atoms with Gasteiger partial charge in [0, 0.05) is 36.3 Å². The predicted octanol–water partition coefficient (Wildman–Crippen LogP) is 1.03. The second kappa shape index (κ2) is 6.58. The maximum Gasteiger partial charge on any atom is 0.410 e. The fourth-order valence-electron chi connectivity index (χ4n) is 1.16. The minimum Gasteiger partial charge on any atom is -0.444 e. The fourth-order valence-corrected chi connectivity index (χ4v) is 1.16. The van der Waals surface area contributed by atoms with Crippen LogP contribution in [-0.2, 0) is 13.8 Å². The zero-order valence-electron chi connectivity index (χ0n) is 11.0. The van der Waals surface area contributed by atoms with Gasteiger partial charge in [0.1, 0.15) is 5.60 Å². The first-order chi connectivity index (χ1) is 7.92. The number of ether oxygens (including phenoxy) is 1. The number of nitrogens with zero attached hydrogens (tertiary/aromatic N) is 1. The number of carbonyl (C=O) groups excluding carboxylic acids is 1. The number of likely N-dealkylation sites (tertiary alicyclic amines) is 1. The third-order valence-corrected chi connectivity index (χ3v) is 1.87. The van der Waals surface area contributed by atoms with Crippen molar-refractivity contribution in [3.63, 3.8) is 0 Å². The summed E-state index contributed by atoms with van der Waals surface area (Å²) >= 11 is 0. The van der Waals surface area contributed by atoms with E-state index < -0.39 is 14.7 Å². The van der Waals surface area contributed by atoms with Crippen LogP contribution in [0.25, 0.3) is 0 Å². The molecule has 0 unspecified atom stereocenters. The molecule has 1 rings (SSSR count). The molecule has 1 N–H and O–H groups in total. The van der Waals surface area contributed by atoms with Crippen molar-refractivity contribution in [3.05, 3.63) is 0 Å². The summed E-state index contributed by atoms with van der Waals surface area (Å²) in [6.07, 6.45) is 0.645. The number of aliphatic hydroxyl groups is 1. The number of hydrogen-bond acceptors (Lipinski definition) is 5. The van der Waals surface area contributed by atoms with Gasteiger partial charge in [-0.25, -0.2) is 13.2 Å². The molecule has 0 bridgehead atoms. The Bertz CT molecular complexity index is 362.